The van der Waals surface area contributed by atoms with Gasteiger partial charge in [0.1, 0.15) is 0 Å². The number of carbonyl (C=O) groups excluding carboxylic acids is 2. The van der Waals surface area contributed by atoms with E-state index in [0.717, 1.165) is 24.2 Å². The molecule has 2 aliphatic rings. The van der Waals surface area contributed by atoms with E-state index in [9.17, 15) is 9.59 Å². The lowest BCUT2D eigenvalue weighted by molar-refractivity contribution is -0.145. The molecule has 6 nitrogen and oxygen atoms in total. The molecule has 4 rings (SSSR count). The van der Waals surface area contributed by atoms with Crippen molar-refractivity contribution in [3.05, 3.63) is 53.3 Å². The van der Waals surface area contributed by atoms with Crippen molar-refractivity contribution in [3.8, 4) is 0 Å². The molecule has 4 atom stereocenters. The number of amides is 1. The summed E-state index contributed by atoms with van der Waals surface area (Å²) in [6.45, 7) is 5.32. The molecule has 1 heterocycles. The van der Waals surface area contributed by atoms with Gasteiger partial charge < -0.3 is 9.64 Å². The van der Waals surface area contributed by atoms with Gasteiger partial charge in [-0.15, -0.1) is 0 Å². The van der Waals surface area contributed by atoms with Crippen LogP contribution in [0.3, 0.4) is 0 Å². The van der Waals surface area contributed by atoms with Crippen molar-refractivity contribution >= 4 is 11.9 Å². The van der Waals surface area contributed by atoms with Gasteiger partial charge in [0.05, 0.1) is 24.8 Å². The molecular formula is C23H29N3O3. The zero-order chi connectivity index (χ0) is 20.5. The van der Waals surface area contributed by atoms with E-state index >= 15 is 0 Å². The van der Waals surface area contributed by atoms with Gasteiger partial charge in [-0.3, -0.25) is 14.3 Å². The fourth-order valence-corrected chi connectivity index (χ4v) is 4.18. The summed E-state index contributed by atoms with van der Waals surface area (Å²) in [7, 11) is 1.91. The predicted molar refractivity (Wildman–Crippen MR) is 109 cm³/mol. The standard InChI is InChI=1S/C23H29N3O3/c1-4-29-23(28)20-11-17(20)13-26(14-18-10-15(2)25(3)24-18)22(27)21-12-19(21)16-8-6-5-7-9-16/h5-10,17,19-21H,4,11-14H2,1-3H3/t17-,19+,20+,21-/m1/s1. The SMILES string of the molecule is CCOC(=O)[C@H]1C[C@@H]1CN(Cc1cc(C)n(C)n1)C(=O)[C@@H]1C[C@H]1c1ccccc1. The Morgan fingerprint density at radius 2 is 1.97 bits per heavy atom. The minimum Gasteiger partial charge on any atom is -0.466 e. The smallest absolute Gasteiger partial charge is 0.309 e. The zero-order valence-electron chi connectivity index (χ0n) is 17.4. The largest absolute Gasteiger partial charge is 0.466 e. The third-order valence-corrected chi connectivity index (χ3v) is 6.13. The van der Waals surface area contributed by atoms with Gasteiger partial charge in [-0.2, -0.15) is 5.10 Å². The van der Waals surface area contributed by atoms with Gasteiger partial charge >= 0.3 is 5.97 Å². The van der Waals surface area contributed by atoms with Crippen LogP contribution >= 0.6 is 0 Å². The topological polar surface area (TPSA) is 64.4 Å². The molecule has 2 aromatic rings. The van der Waals surface area contributed by atoms with E-state index < -0.39 is 0 Å². The highest BCUT2D eigenvalue weighted by atomic mass is 16.5. The maximum Gasteiger partial charge on any atom is 0.309 e. The van der Waals surface area contributed by atoms with Crippen LogP contribution in [0.1, 0.15) is 42.6 Å². The van der Waals surface area contributed by atoms with E-state index in [1.165, 1.54) is 5.56 Å². The quantitative estimate of drug-likeness (QED) is 0.645. The zero-order valence-corrected chi connectivity index (χ0v) is 17.4. The summed E-state index contributed by atoms with van der Waals surface area (Å²) in [6.07, 6.45) is 1.70. The lowest BCUT2D eigenvalue weighted by Gasteiger charge is -2.22. The summed E-state index contributed by atoms with van der Waals surface area (Å²) >= 11 is 0. The maximum absolute atomic E-state index is 13.3. The second-order valence-corrected chi connectivity index (χ2v) is 8.33. The van der Waals surface area contributed by atoms with E-state index in [4.69, 9.17) is 4.74 Å². The molecule has 29 heavy (non-hydrogen) atoms. The molecule has 154 valence electrons. The molecule has 0 unspecified atom stereocenters. The molecule has 2 fully saturated rings. The first-order chi connectivity index (χ1) is 14.0. The average Bonchev–Trinajstić information content (AvgIpc) is 3.61. The van der Waals surface area contributed by atoms with Crippen molar-refractivity contribution in [2.75, 3.05) is 13.2 Å². The molecule has 1 aromatic heterocycles. The van der Waals surface area contributed by atoms with Crippen molar-refractivity contribution in [2.24, 2.45) is 24.8 Å². The van der Waals surface area contributed by atoms with Gasteiger partial charge in [0, 0.05) is 25.2 Å². The molecule has 0 radical (unpaired) electrons. The molecular weight excluding hydrogens is 366 g/mol. The van der Waals surface area contributed by atoms with Crippen LogP contribution in [0, 0.1) is 24.7 Å². The molecule has 0 spiro atoms. The van der Waals surface area contributed by atoms with Gasteiger partial charge in [-0.1, -0.05) is 30.3 Å². The molecule has 0 bridgehead atoms. The minimum absolute atomic E-state index is 0.0296. The maximum atomic E-state index is 13.3. The number of hydrogen-bond donors (Lipinski definition) is 0. The van der Waals surface area contributed by atoms with Crippen LogP contribution in [-0.2, 0) is 27.9 Å². The van der Waals surface area contributed by atoms with Gasteiger partial charge in [-0.25, -0.2) is 0 Å². The fourth-order valence-electron chi connectivity index (χ4n) is 4.18. The van der Waals surface area contributed by atoms with Crippen LogP contribution in [0.4, 0.5) is 0 Å². The number of nitrogens with zero attached hydrogens (tertiary/aromatic N) is 3. The second kappa shape index (κ2) is 8.01. The van der Waals surface area contributed by atoms with Crippen molar-refractivity contribution < 1.29 is 14.3 Å². The van der Waals surface area contributed by atoms with Crippen LogP contribution in [-0.4, -0.2) is 39.7 Å². The Balaban J connectivity index is 1.45. The average molecular weight is 396 g/mol. The lowest BCUT2D eigenvalue weighted by Crippen LogP contribution is -2.34. The molecule has 6 heteroatoms. The third-order valence-electron chi connectivity index (χ3n) is 6.13. The van der Waals surface area contributed by atoms with Crippen LogP contribution in [0.5, 0.6) is 0 Å². The summed E-state index contributed by atoms with van der Waals surface area (Å²) in [5.41, 5.74) is 3.19. The third kappa shape index (κ3) is 4.36. The number of rotatable bonds is 8. The van der Waals surface area contributed by atoms with Crippen LogP contribution in [0.15, 0.2) is 36.4 Å². The number of aryl methyl sites for hydroxylation is 2. The Bertz CT molecular complexity index is 873. The summed E-state index contributed by atoms with van der Waals surface area (Å²) in [4.78, 5) is 27.3. The molecule has 1 amide bonds. The molecule has 2 saturated carbocycles. The first-order valence-corrected chi connectivity index (χ1v) is 10.5. The van der Waals surface area contributed by atoms with E-state index in [1.54, 1.807) is 0 Å². The highest BCUT2D eigenvalue weighted by Crippen LogP contribution is 2.49. The van der Waals surface area contributed by atoms with Gasteiger partial charge in [0.2, 0.25) is 5.91 Å². The minimum atomic E-state index is -0.132. The number of hydrogen-bond acceptors (Lipinski definition) is 4. The molecule has 0 N–H and O–H groups in total. The lowest BCUT2D eigenvalue weighted by atomic mass is 10.1. The van der Waals surface area contributed by atoms with Gasteiger partial charge in [0.25, 0.3) is 0 Å². The van der Waals surface area contributed by atoms with Crippen molar-refractivity contribution in [3.63, 3.8) is 0 Å². The predicted octanol–water partition coefficient (Wildman–Crippen LogP) is 3.06. The van der Waals surface area contributed by atoms with Crippen LogP contribution in [0.25, 0.3) is 0 Å². The van der Waals surface area contributed by atoms with Crippen LogP contribution < -0.4 is 0 Å². The monoisotopic (exact) mass is 395 g/mol. The second-order valence-electron chi connectivity index (χ2n) is 8.33. The Morgan fingerprint density at radius 1 is 1.21 bits per heavy atom. The fraction of sp³-hybridized carbons (Fsp3) is 0.522. The molecule has 1 aromatic carbocycles. The number of carbonyl (C=O) groups is 2. The molecule has 2 aliphatic carbocycles. The Morgan fingerprint density at radius 3 is 2.62 bits per heavy atom. The van der Waals surface area contributed by atoms with E-state index in [2.05, 4.69) is 17.2 Å². The number of ether oxygens (including phenoxy) is 1. The Hall–Kier alpha value is -2.63. The molecule has 0 aliphatic heterocycles. The van der Waals surface area contributed by atoms with Gasteiger partial charge in [0.15, 0.2) is 0 Å². The number of aromatic nitrogens is 2. The first-order valence-electron chi connectivity index (χ1n) is 10.5. The van der Waals surface area contributed by atoms with Crippen LogP contribution in [0.2, 0.25) is 0 Å². The Labute approximate surface area is 171 Å². The summed E-state index contributed by atoms with van der Waals surface area (Å²) < 4.78 is 6.99. The van der Waals surface area contributed by atoms with E-state index in [0.29, 0.717) is 25.6 Å². The molecule has 0 saturated heterocycles. The highest BCUT2D eigenvalue weighted by molar-refractivity contribution is 5.83. The normalized spacial score (nSPS) is 24.8. The number of esters is 1. The summed E-state index contributed by atoms with van der Waals surface area (Å²) in [6, 6.07) is 12.3. The first kappa shape index (κ1) is 19.7. The summed E-state index contributed by atoms with van der Waals surface area (Å²) in [5.74, 6) is 0.499. The van der Waals surface area contributed by atoms with Crippen molar-refractivity contribution in [1.29, 1.82) is 0 Å². The van der Waals surface area contributed by atoms with Crippen molar-refractivity contribution in [1.82, 2.24) is 14.7 Å². The van der Waals surface area contributed by atoms with E-state index in [-0.39, 0.29) is 29.6 Å². The summed E-state index contributed by atoms with van der Waals surface area (Å²) in [5, 5.41) is 4.53. The van der Waals surface area contributed by atoms with Crippen molar-refractivity contribution in [2.45, 2.75) is 39.2 Å². The van der Waals surface area contributed by atoms with E-state index in [1.807, 2.05) is 54.7 Å². The Kier molecular flexibility index (Phi) is 5.43. The highest BCUT2D eigenvalue weighted by Gasteiger charge is 2.49. The van der Waals surface area contributed by atoms with Gasteiger partial charge in [-0.05, 0) is 50.2 Å². The number of benzene rings is 1.